The first-order valence-corrected chi connectivity index (χ1v) is 6.84. The molecular formula is C15H24ClN3O. The van der Waals surface area contributed by atoms with E-state index in [0.717, 1.165) is 25.1 Å². The van der Waals surface area contributed by atoms with Crippen LogP contribution in [0, 0.1) is 5.41 Å². The Morgan fingerprint density at radius 3 is 2.70 bits per heavy atom. The molecule has 1 saturated heterocycles. The second-order valence-electron chi connectivity index (χ2n) is 5.74. The molecule has 1 unspecified atom stereocenters. The zero-order valence-corrected chi connectivity index (χ0v) is 12.8. The van der Waals surface area contributed by atoms with Gasteiger partial charge in [0, 0.05) is 13.1 Å². The normalized spacial score (nSPS) is 22.3. The van der Waals surface area contributed by atoms with Gasteiger partial charge in [0.15, 0.2) is 0 Å². The molecule has 1 aromatic carbocycles. The van der Waals surface area contributed by atoms with Crippen LogP contribution >= 0.6 is 12.4 Å². The molecule has 1 amide bonds. The minimum atomic E-state index is 0. The predicted octanol–water partition coefficient (Wildman–Crippen LogP) is 1.40. The number of halogens is 1. The molecule has 0 radical (unpaired) electrons. The molecule has 1 aromatic rings. The Bertz CT molecular complexity index is 426. The Morgan fingerprint density at radius 2 is 2.10 bits per heavy atom. The van der Waals surface area contributed by atoms with Gasteiger partial charge in [-0.3, -0.25) is 9.69 Å². The standard InChI is InChI=1S/C15H23N3O.ClH/c1-15(11-16)7-8-18(12-15)10-14(19)17-9-13-5-3-2-4-6-13;/h2-6H,7-12,16H2,1H3,(H,17,19);1H. The second kappa shape index (κ2) is 7.62. The average Bonchev–Trinajstić information content (AvgIpc) is 2.80. The smallest absolute Gasteiger partial charge is 0.234 e. The van der Waals surface area contributed by atoms with Crippen LogP contribution in [0.1, 0.15) is 18.9 Å². The van der Waals surface area contributed by atoms with Crippen molar-refractivity contribution in [2.75, 3.05) is 26.2 Å². The summed E-state index contributed by atoms with van der Waals surface area (Å²) in [5, 5.41) is 2.96. The number of carbonyl (C=O) groups is 1. The molecule has 1 heterocycles. The number of nitrogens with zero attached hydrogens (tertiary/aromatic N) is 1. The molecule has 0 spiro atoms. The third-order valence-corrected chi connectivity index (χ3v) is 3.83. The Kier molecular flexibility index (Phi) is 6.46. The maximum absolute atomic E-state index is 11.9. The molecule has 0 aromatic heterocycles. The highest BCUT2D eigenvalue weighted by Gasteiger charge is 2.32. The van der Waals surface area contributed by atoms with Crippen LogP contribution in [0.3, 0.4) is 0 Å². The quantitative estimate of drug-likeness (QED) is 0.864. The monoisotopic (exact) mass is 297 g/mol. The molecule has 4 nitrogen and oxygen atoms in total. The lowest BCUT2D eigenvalue weighted by molar-refractivity contribution is -0.122. The van der Waals surface area contributed by atoms with Crippen molar-refractivity contribution in [3.63, 3.8) is 0 Å². The van der Waals surface area contributed by atoms with E-state index in [1.165, 1.54) is 0 Å². The number of amides is 1. The summed E-state index contributed by atoms with van der Waals surface area (Å²) in [5.41, 5.74) is 7.08. The van der Waals surface area contributed by atoms with Crippen molar-refractivity contribution in [3.05, 3.63) is 35.9 Å². The topological polar surface area (TPSA) is 58.4 Å². The molecule has 2 rings (SSSR count). The van der Waals surface area contributed by atoms with E-state index >= 15 is 0 Å². The predicted molar refractivity (Wildman–Crippen MR) is 83.8 cm³/mol. The Hall–Kier alpha value is -1.10. The van der Waals surface area contributed by atoms with Crippen molar-refractivity contribution in [3.8, 4) is 0 Å². The van der Waals surface area contributed by atoms with Gasteiger partial charge in [-0.25, -0.2) is 0 Å². The van der Waals surface area contributed by atoms with Crippen molar-refractivity contribution in [1.29, 1.82) is 0 Å². The highest BCUT2D eigenvalue weighted by Crippen LogP contribution is 2.27. The van der Waals surface area contributed by atoms with E-state index in [4.69, 9.17) is 5.73 Å². The number of benzene rings is 1. The Morgan fingerprint density at radius 1 is 1.40 bits per heavy atom. The fourth-order valence-corrected chi connectivity index (χ4v) is 2.48. The molecule has 1 aliphatic heterocycles. The van der Waals surface area contributed by atoms with Gasteiger partial charge in [-0.1, -0.05) is 37.3 Å². The van der Waals surface area contributed by atoms with Gasteiger partial charge < -0.3 is 11.1 Å². The van der Waals surface area contributed by atoms with Crippen molar-refractivity contribution in [2.24, 2.45) is 11.1 Å². The molecule has 3 N–H and O–H groups in total. The zero-order chi connectivity index (χ0) is 13.7. The summed E-state index contributed by atoms with van der Waals surface area (Å²) < 4.78 is 0. The highest BCUT2D eigenvalue weighted by molar-refractivity contribution is 5.85. The van der Waals surface area contributed by atoms with Crippen LogP contribution in [-0.2, 0) is 11.3 Å². The van der Waals surface area contributed by atoms with Crippen LogP contribution in [0.2, 0.25) is 0 Å². The first-order chi connectivity index (χ1) is 9.11. The summed E-state index contributed by atoms with van der Waals surface area (Å²) in [6.07, 6.45) is 1.08. The van der Waals surface area contributed by atoms with E-state index in [1.807, 2.05) is 30.3 Å². The van der Waals surface area contributed by atoms with Crippen molar-refractivity contribution >= 4 is 18.3 Å². The largest absolute Gasteiger partial charge is 0.351 e. The van der Waals surface area contributed by atoms with Crippen LogP contribution in [-0.4, -0.2) is 37.0 Å². The van der Waals surface area contributed by atoms with Gasteiger partial charge in [0.1, 0.15) is 0 Å². The highest BCUT2D eigenvalue weighted by atomic mass is 35.5. The van der Waals surface area contributed by atoms with Crippen LogP contribution in [0.5, 0.6) is 0 Å². The summed E-state index contributed by atoms with van der Waals surface area (Å²) in [4.78, 5) is 14.1. The zero-order valence-electron chi connectivity index (χ0n) is 12.0. The van der Waals surface area contributed by atoms with E-state index in [9.17, 15) is 4.79 Å². The summed E-state index contributed by atoms with van der Waals surface area (Å²) >= 11 is 0. The third kappa shape index (κ3) is 4.78. The fraction of sp³-hybridized carbons (Fsp3) is 0.533. The van der Waals surface area contributed by atoms with E-state index in [0.29, 0.717) is 19.6 Å². The SMILES string of the molecule is CC1(CN)CCN(CC(=O)NCc2ccccc2)C1.Cl. The third-order valence-electron chi connectivity index (χ3n) is 3.83. The van der Waals surface area contributed by atoms with Gasteiger partial charge >= 0.3 is 0 Å². The van der Waals surface area contributed by atoms with Gasteiger partial charge in [-0.2, -0.15) is 0 Å². The summed E-state index contributed by atoms with van der Waals surface area (Å²) in [5.74, 6) is 0.0881. The number of carbonyl (C=O) groups excluding carboxylic acids is 1. The lowest BCUT2D eigenvalue weighted by Crippen LogP contribution is -2.38. The van der Waals surface area contributed by atoms with Crippen LogP contribution < -0.4 is 11.1 Å². The van der Waals surface area contributed by atoms with Crippen LogP contribution in [0.15, 0.2) is 30.3 Å². The van der Waals surface area contributed by atoms with E-state index in [1.54, 1.807) is 0 Å². The number of nitrogens with two attached hydrogens (primary N) is 1. The number of likely N-dealkylation sites (tertiary alicyclic amines) is 1. The fourth-order valence-electron chi connectivity index (χ4n) is 2.48. The first-order valence-electron chi connectivity index (χ1n) is 6.84. The van der Waals surface area contributed by atoms with Crippen LogP contribution in [0.4, 0.5) is 0 Å². The van der Waals surface area contributed by atoms with E-state index in [2.05, 4.69) is 17.1 Å². The van der Waals surface area contributed by atoms with Crippen molar-refractivity contribution in [1.82, 2.24) is 10.2 Å². The van der Waals surface area contributed by atoms with E-state index in [-0.39, 0.29) is 23.7 Å². The van der Waals surface area contributed by atoms with Gasteiger partial charge in [0.2, 0.25) is 5.91 Å². The summed E-state index contributed by atoms with van der Waals surface area (Å²) in [6, 6.07) is 9.97. The number of hydrogen-bond acceptors (Lipinski definition) is 3. The molecule has 0 aliphatic carbocycles. The lowest BCUT2D eigenvalue weighted by Gasteiger charge is -2.22. The van der Waals surface area contributed by atoms with Gasteiger partial charge in [-0.15, -0.1) is 12.4 Å². The summed E-state index contributed by atoms with van der Waals surface area (Å²) in [6.45, 7) is 5.84. The number of rotatable bonds is 5. The van der Waals surface area contributed by atoms with Gasteiger partial charge in [0.05, 0.1) is 6.54 Å². The second-order valence-corrected chi connectivity index (χ2v) is 5.74. The molecule has 20 heavy (non-hydrogen) atoms. The average molecular weight is 298 g/mol. The first kappa shape index (κ1) is 17.0. The van der Waals surface area contributed by atoms with E-state index < -0.39 is 0 Å². The molecule has 1 fully saturated rings. The molecule has 112 valence electrons. The van der Waals surface area contributed by atoms with Crippen molar-refractivity contribution < 1.29 is 4.79 Å². The van der Waals surface area contributed by atoms with Gasteiger partial charge in [0.25, 0.3) is 0 Å². The summed E-state index contributed by atoms with van der Waals surface area (Å²) in [7, 11) is 0. The maximum Gasteiger partial charge on any atom is 0.234 e. The Balaban J connectivity index is 0.00000200. The minimum absolute atomic E-state index is 0. The molecular weight excluding hydrogens is 274 g/mol. The Labute approximate surface area is 127 Å². The van der Waals surface area contributed by atoms with Crippen molar-refractivity contribution in [2.45, 2.75) is 19.9 Å². The number of nitrogens with one attached hydrogen (secondary N) is 1. The van der Waals surface area contributed by atoms with Crippen LogP contribution in [0.25, 0.3) is 0 Å². The number of hydrogen-bond donors (Lipinski definition) is 2. The molecule has 0 bridgehead atoms. The molecule has 1 aliphatic rings. The minimum Gasteiger partial charge on any atom is -0.351 e. The molecule has 0 saturated carbocycles. The molecule has 1 atom stereocenters. The molecule has 5 heteroatoms. The van der Waals surface area contributed by atoms with Gasteiger partial charge in [-0.05, 0) is 30.5 Å². The maximum atomic E-state index is 11.9. The lowest BCUT2D eigenvalue weighted by atomic mass is 9.90.